The van der Waals surface area contributed by atoms with Gasteiger partial charge in [0.15, 0.2) is 0 Å². The topological polar surface area (TPSA) is 56.0 Å². The van der Waals surface area contributed by atoms with Crippen molar-refractivity contribution in [1.29, 1.82) is 0 Å². The lowest BCUT2D eigenvalue weighted by Crippen LogP contribution is -2.12. The van der Waals surface area contributed by atoms with E-state index < -0.39 is 5.91 Å². The van der Waals surface area contributed by atoms with E-state index in [0.717, 1.165) is 0 Å². The molecule has 0 fully saturated rings. The first kappa shape index (κ1) is 6.74. The lowest BCUT2D eigenvalue weighted by atomic mass is 10.3. The highest BCUT2D eigenvalue weighted by Gasteiger charge is 1.98. The Labute approximate surface area is 58.9 Å². The summed E-state index contributed by atoms with van der Waals surface area (Å²) in [5.74, 6) is -0.523. The summed E-state index contributed by atoms with van der Waals surface area (Å²) in [4.78, 5) is 14.3. The zero-order valence-corrected chi connectivity index (χ0v) is 5.37. The van der Waals surface area contributed by atoms with Gasteiger partial charge in [-0.05, 0) is 19.1 Å². The minimum Gasteiger partial charge on any atom is -0.364 e. The van der Waals surface area contributed by atoms with Crippen LogP contribution < -0.4 is 5.73 Å². The second kappa shape index (κ2) is 2.47. The molecule has 0 bridgehead atoms. The lowest BCUT2D eigenvalue weighted by molar-refractivity contribution is 0.0995. The van der Waals surface area contributed by atoms with Crippen LogP contribution in [0.15, 0.2) is 18.2 Å². The summed E-state index contributed by atoms with van der Waals surface area (Å²) in [6.45, 7) is 3.54. The first-order chi connectivity index (χ1) is 4.70. The molecule has 2 N–H and O–H groups in total. The average molecular weight is 135 g/mol. The molecule has 1 amide bonds. The fraction of sp³-hybridized carbons (Fsp3) is 0. The molecule has 0 aromatic carbocycles. The first-order valence-corrected chi connectivity index (χ1v) is 2.79. The van der Waals surface area contributed by atoms with Crippen LogP contribution in [0.4, 0.5) is 0 Å². The van der Waals surface area contributed by atoms with Gasteiger partial charge in [0.2, 0.25) is 0 Å². The molecule has 1 aromatic rings. The lowest BCUT2D eigenvalue weighted by Gasteiger charge is -1.93. The Morgan fingerprint density at radius 2 is 2.30 bits per heavy atom. The van der Waals surface area contributed by atoms with Crippen molar-refractivity contribution in [3.63, 3.8) is 0 Å². The molecule has 3 nitrogen and oxygen atoms in total. The third-order valence-corrected chi connectivity index (χ3v) is 1.06. The van der Waals surface area contributed by atoms with Crippen LogP contribution in [0.2, 0.25) is 0 Å². The zero-order chi connectivity index (χ0) is 7.56. The third-order valence-electron chi connectivity index (χ3n) is 1.06. The van der Waals surface area contributed by atoms with Gasteiger partial charge in [0.1, 0.15) is 5.69 Å². The SMILES string of the molecule is [CH2]c1cccc(C(N)=O)n1. The van der Waals surface area contributed by atoms with Crippen molar-refractivity contribution < 1.29 is 4.79 Å². The van der Waals surface area contributed by atoms with Crippen molar-refractivity contribution in [3.8, 4) is 0 Å². The van der Waals surface area contributed by atoms with Crippen LogP contribution in [-0.4, -0.2) is 10.9 Å². The van der Waals surface area contributed by atoms with Crippen LogP contribution in [0.1, 0.15) is 16.2 Å². The minimum atomic E-state index is -0.523. The summed E-state index contributed by atoms with van der Waals surface area (Å²) < 4.78 is 0. The molecule has 1 rings (SSSR count). The van der Waals surface area contributed by atoms with Crippen LogP contribution >= 0.6 is 0 Å². The van der Waals surface area contributed by atoms with Crippen LogP contribution in [0.25, 0.3) is 0 Å². The molecule has 1 heterocycles. The Kier molecular flexibility index (Phi) is 1.67. The Balaban J connectivity index is 3.07. The number of hydrogen-bond donors (Lipinski definition) is 1. The number of amides is 1. The number of nitrogens with two attached hydrogens (primary N) is 1. The number of primary amides is 1. The van der Waals surface area contributed by atoms with E-state index in [9.17, 15) is 4.79 Å². The van der Waals surface area contributed by atoms with Crippen LogP contribution in [0.3, 0.4) is 0 Å². The van der Waals surface area contributed by atoms with E-state index in [2.05, 4.69) is 11.9 Å². The molecular formula is C7H7N2O. The quantitative estimate of drug-likeness (QED) is 0.604. The second-order valence-corrected chi connectivity index (χ2v) is 1.88. The van der Waals surface area contributed by atoms with Gasteiger partial charge >= 0.3 is 0 Å². The Morgan fingerprint density at radius 3 is 2.70 bits per heavy atom. The Morgan fingerprint density at radius 1 is 1.60 bits per heavy atom. The van der Waals surface area contributed by atoms with Crippen LogP contribution in [-0.2, 0) is 0 Å². The fourth-order valence-electron chi connectivity index (χ4n) is 0.617. The van der Waals surface area contributed by atoms with E-state index in [-0.39, 0.29) is 5.69 Å². The van der Waals surface area contributed by atoms with Crippen molar-refractivity contribution >= 4 is 5.91 Å². The predicted molar refractivity (Wildman–Crippen MR) is 37.2 cm³/mol. The van der Waals surface area contributed by atoms with Crippen molar-refractivity contribution in [3.05, 3.63) is 36.5 Å². The van der Waals surface area contributed by atoms with E-state index in [1.807, 2.05) is 0 Å². The molecular weight excluding hydrogens is 128 g/mol. The number of pyridine rings is 1. The van der Waals surface area contributed by atoms with E-state index >= 15 is 0 Å². The predicted octanol–water partition coefficient (Wildman–Crippen LogP) is 0.363. The molecule has 51 valence electrons. The summed E-state index contributed by atoms with van der Waals surface area (Å²) in [5.41, 5.74) is 5.76. The maximum Gasteiger partial charge on any atom is 0.267 e. The molecule has 3 heteroatoms. The Hall–Kier alpha value is -1.38. The largest absolute Gasteiger partial charge is 0.364 e. The number of rotatable bonds is 1. The molecule has 0 spiro atoms. The van der Waals surface area contributed by atoms with Gasteiger partial charge in [0, 0.05) is 5.69 Å². The normalized spacial score (nSPS) is 9.30. The van der Waals surface area contributed by atoms with Crippen LogP contribution in [0.5, 0.6) is 0 Å². The molecule has 0 saturated heterocycles. The van der Waals surface area contributed by atoms with Crippen molar-refractivity contribution in [2.24, 2.45) is 5.73 Å². The first-order valence-electron chi connectivity index (χ1n) is 2.79. The molecule has 0 aliphatic carbocycles. The summed E-state index contributed by atoms with van der Waals surface area (Å²) in [5, 5.41) is 0. The maximum absolute atomic E-state index is 10.5. The highest BCUT2D eigenvalue weighted by atomic mass is 16.1. The average Bonchev–Trinajstić information content (AvgIpc) is 1.88. The number of carbonyl (C=O) groups excluding carboxylic acids is 1. The monoisotopic (exact) mass is 135 g/mol. The van der Waals surface area contributed by atoms with Gasteiger partial charge in [0.25, 0.3) is 5.91 Å². The van der Waals surface area contributed by atoms with Gasteiger partial charge in [0.05, 0.1) is 0 Å². The van der Waals surface area contributed by atoms with Crippen LogP contribution in [0, 0.1) is 6.92 Å². The van der Waals surface area contributed by atoms with E-state index in [0.29, 0.717) is 5.69 Å². The number of carbonyl (C=O) groups is 1. The number of aromatic nitrogens is 1. The number of nitrogens with zero attached hydrogens (tertiary/aromatic N) is 1. The molecule has 0 atom stereocenters. The molecule has 1 aromatic heterocycles. The van der Waals surface area contributed by atoms with Crippen molar-refractivity contribution in [2.45, 2.75) is 0 Å². The highest BCUT2D eigenvalue weighted by Crippen LogP contribution is 1.95. The summed E-state index contributed by atoms with van der Waals surface area (Å²) >= 11 is 0. The van der Waals surface area contributed by atoms with Crippen molar-refractivity contribution in [2.75, 3.05) is 0 Å². The Bertz CT molecular complexity index is 258. The standard InChI is InChI=1S/C7H7N2O/c1-5-3-2-4-6(9-5)7(8)10/h2-4H,1H2,(H2,8,10). The van der Waals surface area contributed by atoms with E-state index in [4.69, 9.17) is 5.73 Å². The minimum absolute atomic E-state index is 0.257. The summed E-state index contributed by atoms with van der Waals surface area (Å²) in [6.07, 6.45) is 0. The zero-order valence-electron chi connectivity index (χ0n) is 5.37. The van der Waals surface area contributed by atoms with Gasteiger partial charge in [-0.3, -0.25) is 4.79 Å². The maximum atomic E-state index is 10.5. The van der Waals surface area contributed by atoms with Gasteiger partial charge in [-0.15, -0.1) is 0 Å². The number of hydrogen-bond acceptors (Lipinski definition) is 2. The highest BCUT2D eigenvalue weighted by molar-refractivity contribution is 5.90. The van der Waals surface area contributed by atoms with E-state index in [1.165, 1.54) is 0 Å². The fourth-order valence-corrected chi connectivity index (χ4v) is 0.617. The van der Waals surface area contributed by atoms with Gasteiger partial charge in [-0.1, -0.05) is 6.07 Å². The molecule has 0 aliphatic rings. The van der Waals surface area contributed by atoms with Gasteiger partial charge < -0.3 is 5.73 Å². The third kappa shape index (κ3) is 1.31. The summed E-state index contributed by atoms with van der Waals surface area (Å²) in [6, 6.07) is 4.94. The molecule has 0 saturated carbocycles. The van der Waals surface area contributed by atoms with Gasteiger partial charge in [-0.25, -0.2) is 4.98 Å². The van der Waals surface area contributed by atoms with Gasteiger partial charge in [-0.2, -0.15) is 0 Å². The van der Waals surface area contributed by atoms with Crippen molar-refractivity contribution in [1.82, 2.24) is 4.98 Å². The van der Waals surface area contributed by atoms with E-state index in [1.54, 1.807) is 18.2 Å². The second-order valence-electron chi connectivity index (χ2n) is 1.88. The smallest absolute Gasteiger partial charge is 0.267 e. The summed E-state index contributed by atoms with van der Waals surface area (Å²) in [7, 11) is 0. The molecule has 10 heavy (non-hydrogen) atoms. The molecule has 0 unspecified atom stereocenters. The molecule has 1 radical (unpaired) electrons. The molecule has 0 aliphatic heterocycles.